The van der Waals surface area contributed by atoms with Crippen molar-refractivity contribution in [2.75, 3.05) is 7.11 Å². The van der Waals surface area contributed by atoms with Crippen LogP contribution in [0.5, 0.6) is 17.2 Å². The number of carboxylic acids is 1. The summed E-state index contributed by atoms with van der Waals surface area (Å²) in [4.78, 5) is 43.2. The Hall–Kier alpha value is -4.86. The minimum Gasteiger partial charge on any atom is -0.497 e. The number of carbonyl (C=O) groups excluding carboxylic acids is 1. The van der Waals surface area contributed by atoms with Gasteiger partial charge in [0.2, 0.25) is 0 Å². The Morgan fingerprint density at radius 2 is 1.62 bits per heavy atom. The molecule has 1 aromatic heterocycles. The molecule has 0 radical (unpaired) electrons. The second kappa shape index (κ2) is 12.1. The van der Waals surface area contributed by atoms with Crippen LogP contribution in [-0.4, -0.2) is 44.8 Å². The molecular weight excluding hydrogens is 502 g/mol. The zero-order valence-corrected chi connectivity index (χ0v) is 21.9. The summed E-state index contributed by atoms with van der Waals surface area (Å²) >= 11 is 0. The predicted molar refractivity (Wildman–Crippen MR) is 144 cm³/mol. The van der Waals surface area contributed by atoms with E-state index in [2.05, 4.69) is 4.98 Å². The molecule has 0 saturated heterocycles. The molecule has 0 spiro atoms. The third-order valence-electron chi connectivity index (χ3n) is 6.27. The summed E-state index contributed by atoms with van der Waals surface area (Å²) in [6.07, 6.45) is -0.579. The van der Waals surface area contributed by atoms with Crippen LogP contribution in [0.25, 0.3) is 10.9 Å². The molecule has 202 valence electrons. The van der Waals surface area contributed by atoms with Gasteiger partial charge in [0.1, 0.15) is 35.7 Å². The lowest BCUT2D eigenvalue weighted by Gasteiger charge is -2.27. The number of hydrogen-bond donors (Lipinski definition) is 1. The number of fused-ring (bicyclic) bond motifs is 1. The Kier molecular flexibility index (Phi) is 8.45. The molecule has 0 saturated carbocycles. The summed E-state index contributed by atoms with van der Waals surface area (Å²) in [6.45, 7) is 1.78. The number of hydrogen-bond acceptors (Lipinski definition) is 7. The lowest BCUT2D eigenvalue weighted by molar-refractivity contribution is -0.142. The van der Waals surface area contributed by atoms with Gasteiger partial charge in [-0.05, 0) is 60.5 Å². The second-order valence-corrected chi connectivity index (χ2v) is 8.78. The van der Waals surface area contributed by atoms with Crippen molar-refractivity contribution in [2.45, 2.75) is 32.5 Å². The molecule has 1 unspecified atom stereocenters. The highest BCUT2D eigenvalue weighted by Crippen LogP contribution is 2.21. The third-order valence-corrected chi connectivity index (χ3v) is 6.27. The number of aromatic nitrogens is 2. The maximum atomic E-state index is 13.0. The fourth-order valence-corrected chi connectivity index (χ4v) is 4.06. The van der Waals surface area contributed by atoms with Crippen LogP contribution in [0.1, 0.15) is 24.7 Å². The van der Waals surface area contributed by atoms with E-state index in [0.717, 1.165) is 0 Å². The predicted octanol–water partition coefficient (Wildman–Crippen LogP) is 4.39. The number of rotatable bonds is 10. The van der Waals surface area contributed by atoms with Crippen LogP contribution in [0.15, 0.2) is 77.6 Å². The van der Waals surface area contributed by atoms with Crippen molar-refractivity contribution < 1.29 is 28.9 Å². The van der Waals surface area contributed by atoms with E-state index in [1.54, 1.807) is 80.7 Å². The standard InChI is InChI=1S/C29H29N3O7/c1-4-25(28(34)35)32(29(36)39-22-15-13-20(37-3)14-16-22)17-19-9-11-21(12-10-19)38-18-26-30-24-8-6-5-7-23(24)27(33)31(26)2/h5-16,25H,4,17-18H2,1-3H3,(H,34,35). The summed E-state index contributed by atoms with van der Waals surface area (Å²) in [7, 11) is 3.18. The van der Waals surface area contributed by atoms with E-state index in [1.807, 2.05) is 6.07 Å². The van der Waals surface area contributed by atoms with Crippen LogP contribution < -0.4 is 19.8 Å². The molecule has 10 heteroatoms. The lowest BCUT2D eigenvalue weighted by atomic mass is 10.1. The van der Waals surface area contributed by atoms with E-state index in [4.69, 9.17) is 14.2 Å². The van der Waals surface area contributed by atoms with E-state index in [-0.39, 0.29) is 30.9 Å². The van der Waals surface area contributed by atoms with Crippen molar-refractivity contribution in [2.24, 2.45) is 7.05 Å². The smallest absolute Gasteiger partial charge is 0.416 e. The minimum absolute atomic E-state index is 0.0147. The Balaban J connectivity index is 1.47. The Morgan fingerprint density at radius 3 is 2.26 bits per heavy atom. The first-order valence-electron chi connectivity index (χ1n) is 12.3. The molecule has 4 aromatic rings. The largest absolute Gasteiger partial charge is 0.497 e. The van der Waals surface area contributed by atoms with Crippen molar-refractivity contribution in [3.05, 3.63) is 94.5 Å². The SMILES string of the molecule is CCC(C(=O)O)N(Cc1ccc(OCc2nc3ccccc3c(=O)n2C)cc1)C(=O)Oc1ccc(OC)cc1. The number of amides is 1. The Labute approximate surface area is 225 Å². The van der Waals surface area contributed by atoms with Crippen LogP contribution in [-0.2, 0) is 25.0 Å². The third kappa shape index (κ3) is 6.35. The fourth-order valence-electron chi connectivity index (χ4n) is 4.06. The van der Waals surface area contributed by atoms with Crippen LogP contribution in [0, 0.1) is 0 Å². The normalized spacial score (nSPS) is 11.6. The maximum absolute atomic E-state index is 13.0. The first-order chi connectivity index (χ1) is 18.8. The highest BCUT2D eigenvalue weighted by molar-refractivity contribution is 5.81. The number of carboxylic acid groups (broad SMARTS) is 1. The summed E-state index contributed by atoms with van der Waals surface area (Å²) in [5.41, 5.74) is 1.13. The molecule has 0 fully saturated rings. The van der Waals surface area contributed by atoms with E-state index >= 15 is 0 Å². The van der Waals surface area contributed by atoms with Crippen LogP contribution in [0.4, 0.5) is 4.79 Å². The van der Waals surface area contributed by atoms with E-state index < -0.39 is 18.1 Å². The molecule has 10 nitrogen and oxygen atoms in total. The van der Waals surface area contributed by atoms with Crippen molar-refractivity contribution in [3.8, 4) is 17.2 Å². The van der Waals surface area contributed by atoms with Gasteiger partial charge in [0, 0.05) is 13.6 Å². The molecule has 1 N–H and O–H groups in total. The molecule has 1 amide bonds. The molecule has 4 rings (SSSR count). The number of ether oxygens (including phenoxy) is 3. The average Bonchev–Trinajstić information content (AvgIpc) is 2.95. The summed E-state index contributed by atoms with van der Waals surface area (Å²) in [6, 6.07) is 19.4. The fraction of sp³-hybridized carbons (Fsp3) is 0.241. The molecule has 0 aliphatic rings. The van der Waals surface area contributed by atoms with Crippen molar-refractivity contribution in [1.29, 1.82) is 0 Å². The molecule has 0 aliphatic carbocycles. The molecule has 39 heavy (non-hydrogen) atoms. The number of methoxy groups -OCH3 is 1. The van der Waals surface area contributed by atoms with Crippen molar-refractivity contribution in [1.82, 2.24) is 14.5 Å². The first-order valence-corrected chi connectivity index (χ1v) is 12.3. The van der Waals surface area contributed by atoms with Gasteiger partial charge < -0.3 is 19.3 Å². The van der Waals surface area contributed by atoms with E-state index in [1.165, 1.54) is 16.6 Å². The van der Waals surface area contributed by atoms with Crippen LogP contribution in [0.2, 0.25) is 0 Å². The average molecular weight is 532 g/mol. The molecule has 0 aliphatic heterocycles. The summed E-state index contributed by atoms with van der Waals surface area (Å²) in [5, 5.41) is 10.3. The summed E-state index contributed by atoms with van der Waals surface area (Å²) in [5.74, 6) is 0.745. The zero-order valence-electron chi connectivity index (χ0n) is 21.9. The van der Waals surface area contributed by atoms with Crippen molar-refractivity contribution >= 4 is 23.0 Å². The Morgan fingerprint density at radius 1 is 0.974 bits per heavy atom. The topological polar surface area (TPSA) is 120 Å². The van der Waals surface area contributed by atoms with Gasteiger partial charge in [0.15, 0.2) is 0 Å². The van der Waals surface area contributed by atoms with E-state index in [0.29, 0.717) is 33.8 Å². The molecule has 1 heterocycles. The molecule has 3 aromatic carbocycles. The number of benzene rings is 3. The monoisotopic (exact) mass is 531 g/mol. The number of para-hydroxylation sites is 1. The number of nitrogens with zero attached hydrogens (tertiary/aromatic N) is 3. The highest BCUT2D eigenvalue weighted by atomic mass is 16.6. The number of carbonyl (C=O) groups is 2. The van der Waals surface area contributed by atoms with Gasteiger partial charge in [-0.1, -0.05) is 31.2 Å². The number of aliphatic carboxylic acids is 1. The van der Waals surface area contributed by atoms with Gasteiger partial charge in [-0.2, -0.15) is 0 Å². The highest BCUT2D eigenvalue weighted by Gasteiger charge is 2.30. The molecule has 0 bridgehead atoms. The first kappa shape index (κ1) is 27.2. The Bertz CT molecular complexity index is 1520. The van der Waals surface area contributed by atoms with Crippen LogP contribution in [0.3, 0.4) is 0 Å². The van der Waals surface area contributed by atoms with Gasteiger partial charge in [-0.25, -0.2) is 14.6 Å². The summed E-state index contributed by atoms with van der Waals surface area (Å²) < 4.78 is 17.9. The maximum Gasteiger partial charge on any atom is 0.416 e. The van der Waals surface area contributed by atoms with Gasteiger partial charge in [0.05, 0.1) is 18.0 Å². The molecular formula is C29H29N3O7. The van der Waals surface area contributed by atoms with E-state index in [9.17, 15) is 19.5 Å². The van der Waals surface area contributed by atoms with Gasteiger partial charge >= 0.3 is 12.1 Å². The second-order valence-electron chi connectivity index (χ2n) is 8.78. The lowest BCUT2D eigenvalue weighted by Crippen LogP contribution is -2.45. The quantitative estimate of drug-likeness (QED) is 0.320. The van der Waals surface area contributed by atoms with Gasteiger partial charge in [-0.15, -0.1) is 0 Å². The van der Waals surface area contributed by atoms with Crippen LogP contribution >= 0.6 is 0 Å². The molecule has 1 atom stereocenters. The van der Waals surface area contributed by atoms with Gasteiger partial charge in [0.25, 0.3) is 5.56 Å². The zero-order chi connectivity index (χ0) is 27.9. The van der Waals surface area contributed by atoms with Gasteiger partial charge in [-0.3, -0.25) is 14.3 Å². The van der Waals surface area contributed by atoms with Crippen molar-refractivity contribution in [3.63, 3.8) is 0 Å². The minimum atomic E-state index is -1.13.